The fourth-order valence-electron chi connectivity index (χ4n) is 6.28. The third-order valence-corrected chi connectivity index (χ3v) is 10.8. The minimum absolute atomic E-state index is 0.0308. The molecule has 0 saturated heterocycles. The van der Waals surface area contributed by atoms with E-state index in [1.807, 2.05) is 54.8 Å². The van der Waals surface area contributed by atoms with Gasteiger partial charge in [0.1, 0.15) is 23.4 Å². The van der Waals surface area contributed by atoms with Crippen LogP contribution in [0.2, 0.25) is 5.02 Å². The monoisotopic (exact) mass is 775 g/mol. The Morgan fingerprint density at radius 2 is 1.63 bits per heavy atom. The number of hydrogen-bond acceptors (Lipinski definition) is 11. The van der Waals surface area contributed by atoms with Gasteiger partial charge in [-0.3, -0.25) is 14.4 Å². The summed E-state index contributed by atoms with van der Waals surface area (Å²) in [5, 5.41) is 16.2. The molecule has 0 spiro atoms. The molecule has 0 unspecified atom stereocenters. The average Bonchev–Trinajstić information content (AvgIpc) is 3.67. The van der Waals surface area contributed by atoms with Gasteiger partial charge in [0.25, 0.3) is 0 Å². The van der Waals surface area contributed by atoms with Gasteiger partial charge in [-0.25, -0.2) is 13.1 Å². The van der Waals surface area contributed by atoms with Gasteiger partial charge in [-0.1, -0.05) is 41.0 Å². The summed E-state index contributed by atoms with van der Waals surface area (Å²) in [6.07, 6.45) is 0.0308. The van der Waals surface area contributed by atoms with Crippen LogP contribution in [0.3, 0.4) is 0 Å². The lowest BCUT2D eigenvalue weighted by Gasteiger charge is -2.14. The maximum Gasteiger partial charge on any atom is 0.240 e. The molecule has 14 nitrogen and oxygen atoms in total. The predicted octanol–water partition coefficient (Wildman–Crippen LogP) is 5.23. The first kappa shape index (κ1) is 38.8. The van der Waals surface area contributed by atoms with E-state index in [1.165, 1.54) is 0 Å². The number of benzene rings is 3. The fourth-order valence-corrected chi connectivity index (χ4v) is 7.68. The van der Waals surface area contributed by atoms with Crippen molar-refractivity contribution >= 4 is 33.2 Å². The van der Waals surface area contributed by atoms with Gasteiger partial charge < -0.3 is 24.1 Å². The first-order valence-corrected chi connectivity index (χ1v) is 19.2. The van der Waals surface area contributed by atoms with E-state index in [2.05, 4.69) is 25.4 Å². The van der Waals surface area contributed by atoms with E-state index in [4.69, 9.17) is 35.3 Å². The molecule has 0 saturated carbocycles. The van der Waals surface area contributed by atoms with Crippen LogP contribution in [0.5, 0.6) is 5.75 Å². The number of rotatable bonds is 16. The molecule has 0 radical (unpaired) electrons. The number of ether oxygens (including phenoxy) is 3. The molecule has 1 atom stereocenters. The lowest BCUT2D eigenvalue weighted by atomic mass is 10.00. The van der Waals surface area contributed by atoms with E-state index in [-0.39, 0.29) is 56.7 Å². The zero-order valence-electron chi connectivity index (χ0n) is 30.7. The van der Waals surface area contributed by atoms with E-state index in [0.717, 1.165) is 27.9 Å². The molecule has 2 aromatic heterocycles. The van der Waals surface area contributed by atoms with Crippen LogP contribution in [-0.2, 0) is 24.3 Å². The van der Waals surface area contributed by atoms with Crippen molar-refractivity contribution in [2.75, 3.05) is 46.6 Å². The minimum atomic E-state index is -3.79. The second-order valence-electron chi connectivity index (χ2n) is 12.7. The second-order valence-corrected chi connectivity index (χ2v) is 14.9. The second kappa shape index (κ2) is 17.0. The molecule has 3 aromatic carbocycles. The number of sulfonamides is 1. The standard InChI is InChI=1S/C38H42ClN7O7S/c1-23-6-7-28(36-24(2)45-53-25(36)3)20-34(23)54(48,49)41-15-17-52-19-18-51-16-14-40-35(47)22-32-38-44-43-26(4)46(38)33-13-12-30(50-5)21-31(33)37(42-32)27-8-10-29(39)11-9-27/h6-13,20-21,32,41H,14-19,22H2,1-5H3,(H,40,47)/t32-/m0/s1. The van der Waals surface area contributed by atoms with Crippen molar-refractivity contribution in [1.82, 2.24) is 30.0 Å². The number of carbonyl (C=O) groups is 1. The van der Waals surface area contributed by atoms with E-state index >= 15 is 0 Å². The minimum Gasteiger partial charge on any atom is -0.497 e. The van der Waals surface area contributed by atoms with Crippen LogP contribution in [0.25, 0.3) is 16.8 Å². The lowest BCUT2D eigenvalue weighted by molar-refractivity contribution is -0.121. The molecule has 3 heterocycles. The summed E-state index contributed by atoms with van der Waals surface area (Å²) in [5.74, 6) is 2.27. The Bertz CT molecular complexity index is 2250. The van der Waals surface area contributed by atoms with Crippen LogP contribution in [0.1, 0.15) is 52.3 Å². The fraction of sp³-hybridized carbons (Fsp3) is 0.342. The molecule has 1 aliphatic heterocycles. The van der Waals surface area contributed by atoms with Crippen molar-refractivity contribution in [3.8, 4) is 22.6 Å². The molecule has 0 aliphatic carbocycles. The Morgan fingerprint density at radius 3 is 2.33 bits per heavy atom. The number of nitrogens with one attached hydrogen (secondary N) is 2. The average molecular weight is 776 g/mol. The Morgan fingerprint density at radius 1 is 0.907 bits per heavy atom. The van der Waals surface area contributed by atoms with Crippen LogP contribution in [-0.4, -0.2) is 86.6 Å². The highest BCUT2D eigenvalue weighted by Crippen LogP contribution is 2.35. The Balaban J connectivity index is 0.972. The molecule has 1 amide bonds. The Kier molecular flexibility index (Phi) is 12.2. The number of nitrogens with zero attached hydrogens (tertiary/aromatic N) is 5. The van der Waals surface area contributed by atoms with Crippen LogP contribution >= 0.6 is 11.6 Å². The normalized spacial score (nSPS) is 13.9. The summed E-state index contributed by atoms with van der Waals surface area (Å²) in [4.78, 5) is 18.5. The molecule has 16 heteroatoms. The van der Waals surface area contributed by atoms with Crippen molar-refractivity contribution in [1.29, 1.82) is 0 Å². The maximum atomic E-state index is 13.2. The molecule has 5 aromatic rings. The smallest absolute Gasteiger partial charge is 0.240 e. The summed E-state index contributed by atoms with van der Waals surface area (Å²) in [6, 6.07) is 17.7. The van der Waals surface area contributed by atoms with Gasteiger partial charge in [0.2, 0.25) is 15.9 Å². The number of hydrogen-bond donors (Lipinski definition) is 2. The number of aromatic nitrogens is 4. The van der Waals surface area contributed by atoms with Crippen LogP contribution < -0.4 is 14.8 Å². The molecule has 1 aliphatic rings. The van der Waals surface area contributed by atoms with E-state index in [1.54, 1.807) is 45.2 Å². The number of methoxy groups -OCH3 is 1. The Labute approximate surface area is 318 Å². The van der Waals surface area contributed by atoms with Crippen LogP contribution in [0.15, 0.2) is 75.1 Å². The molecule has 0 fully saturated rings. The molecule has 0 bridgehead atoms. The van der Waals surface area contributed by atoms with Crippen LogP contribution in [0, 0.1) is 27.7 Å². The largest absolute Gasteiger partial charge is 0.497 e. The number of carbonyl (C=O) groups excluding carboxylic acids is 1. The van der Waals surface area contributed by atoms with Crippen molar-refractivity contribution in [2.24, 2.45) is 4.99 Å². The molecular formula is C38H42ClN7O7S. The molecule has 6 rings (SSSR count). The maximum absolute atomic E-state index is 13.2. The summed E-state index contributed by atoms with van der Waals surface area (Å²) in [6.45, 7) is 8.50. The first-order valence-electron chi connectivity index (χ1n) is 17.4. The molecular weight excluding hydrogens is 734 g/mol. The van der Waals surface area contributed by atoms with Crippen LogP contribution in [0.4, 0.5) is 0 Å². The lowest BCUT2D eigenvalue weighted by Crippen LogP contribution is -2.29. The van der Waals surface area contributed by atoms with Gasteiger partial charge in [0, 0.05) is 34.8 Å². The van der Waals surface area contributed by atoms with Crippen molar-refractivity contribution in [3.63, 3.8) is 0 Å². The number of fused-ring (bicyclic) bond motifs is 3. The van der Waals surface area contributed by atoms with Gasteiger partial charge in [0.05, 0.1) is 61.9 Å². The summed E-state index contributed by atoms with van der Waals surface area (Å²) >= 11 is 6.20. The number of aliphatic imine (C=N–C) groups is 1. The van der Waals surface area contributed by atoms with Crippen molar-refractivity contribution in [3.05, 3.63) is 105 Å². The third-order valence-electron chi connectivity index (χ3n) is 8.91. The Hall–Kier alpha value is -4.93. The number of halogens is 1. The SMILES string of the molecule is COc1ccc2c(c1)C(c1ccc(Cl)cc1)=N[C@@H](CC(=O)NCCOCCOCCNS(=O)(=O)c1cc(-c3c(C)noc3C)ccc1C)c1nnc(C)n1-2. The molecule has 54 heavy (non-hydrogen) atoms. The predicted molar refractivity (Wildman–Crippen MR) is 203 cm³/mol. The number of amides is 1. The van der Waals surface area contributed by atoms with Gasteiger partial charge in [0.15, 0.2) is 5.82 Å². The van der Waals surface area contributed by atoms with Crippen molar-refractivity contribution < 1.29 is 31.9 Å². The highest BCUT2D eigenvalue weighted by atomic mass is 35.5. The number of aryl methyl sites for hydroxylation is 4. The highest BCUT2D eigenvalue weighted by Gasteiger charge is 2.30. The summed E-state index contributed by atoms with van der Waals surface area (Å²) in [5.41, 5.74) is 5.95. The van der Waals surface area contributed by atoms with Crippen molar-refractivity contribution in [2.45, 2.75) is 45.1 Å². The summed E-state index contributed by atoms with van der Waals surface area (Å²) < 4.78 is 52.7. The topological polar surface area (TPSA) is 172 Å². The van der Waals surface area contributed by atoms with Gasteiger partial charge in [-0.15, -0.1) is 10.2 Å². The van der Waals surface area contributed by atoms with E-state index in [0.29, 0.717) is 45.2 Å². The van der Waals surface area contributed by atoms with Gasteiger partial charge in [-0.2, -0.15) is 0 Å². The first-order chi connectivity index (χ1) is 26.0. The van der Waals surface area contributed by atoms with E-state index in [9.17, 15) is 13.2 Å². The highest BCUT2D eigenvalue weighted by molar-refractivity contribution is 7.89. The zero-order valence-corrected chi connectivity index (χ0v) is 32.3. The quantitative estimate of drug-likeness (QED) is 0.127. The van der Waals surface area contributed by atoms with Gasteiger partial charge in [-0.05, 0) is 75.2 Å². The zero-order chi connectivity index (χ0) is 38.4. The third kappa shape index (κ3) is 8.71. The van der Waals surface area contributed by atoms with E-state index < -0.39 is 16.1 Å². The molecule has 284 valence electrons. The summed E-state index contributed by atoms with van der Waals surface area (Å²) in [7, 11) is -2.18. The van der Waals surface area contributed by atoms with Gasteiger partial charge >= 0.3 is 0 Å². The molecule has 2 N–H and O–H groups in total.